The number of benzene rings is 5. The third-order valence-electron chi connectivity index (χ3n) is 6.80. The highest BCUT2D eigenvalue weighted by molar-refractivity contribution is 6.10. The summed E-state index contributed by atoms with van der Waals surface area (Å²) in [5.74, 6) is 0.503. The monoisotopic (exact) mass is 421 g/mol. The predicted molar refractivity (Wildman–Crippen MR) is 139 cm³/mol. The van der Waals surface area contributed by atoms with Crippen molar-refractivity contribution in [3.05, 3.63) is 114 Å². The van der Waals surface area contributed by atoms with Crippen molar-refractivity contribution in [2.45, 2.75) is 13.3 Å². The molecule has 1 aliphatic rings. The number of nitrogens with zero attached hydrogens (tertiary/aromatic N) is 1. The molecule has 156 valence electrons. The lowest BCUT2D eigenvalue weighted by Crippen LogP contribution is -2.08. The van der Waals surface area contributed by atoms with E-state index in [1.807, 2.05) is 18.2 Å². The Morgan fingerprint density at radius 2 is 1.45 bits per heavy atom. The van der Waals surface area contributed by atoms with E-state index in [9.17, 15) is 5.26 Å². The summed E-state index contributed by atoms with van der Waals surface area (Å²) in [5.41, 5.74) is 8.55. The van der Waals surface area contributed by atoms with E-state index in [1.54, 1.807) is 0 Å². The van der Waals surface area contributed by atoms with Crippen LogP contribution in [0, 0.1) is 17.2 Å². The van der Waals surface area contributed by atoms with Crippen LogP contribution in [0.5, 0.6) is 0 Å². The highest BCUT2D eigenvalue weighted by Crippen LogP contribution is 2.45. The minimum absolute atomic E-state index is 0.503. The summed E-state index contributed by atoms with van der Waals surface area (Å²) in [5, 5.41) is 14.2. The molecule has 5 aromatic carbocycles. The maximum atomic E-state index is 9.39. The minimum Gasteiger partial charge on any atom is -0.192 e. The van der Waals surface area contributed by atoms with Crippen LogP contribution in [0.1, 0.15) is 23.6 Å². The fourth-order valence-electron chi connectivity index (χ4n) is 5.28. The van der Waals surface area contributed by atoms with Crippen molar-refractivity contribution in [2.24, 2.45) is 5.92 Å². The summed E-state index contributed by atoms with van der Waals surface area (Å²) in [7, 11) is 0. The van der Waals surface area contributed by atoms with Gasteiger partial charge in [0, 0.05) is 0 Å². The van der Waals surface area contributed by atoms with Crippen LogP contribution in [0.25, 0.3) is 49.9 Å². The molecule has 5 aromatic rings. The molecular weight excluding hydrogens is 398 g/mol. The van der Waals surface area contributed by atoms with Gasteiger partial charge in [0.25, 0.3) is 0 Å². The zero-order valence-electron chi connectivity index (χ0n) is 18.5. The molecule has 0 heterocycles. The lowest BCUT2D eigenvalue weighted by atomic mass is 9.78. The highest BCUT2D eigenvalue weighted by atomic mass is 14.3. The molecule has 0 bridgehead atoms. The van der Waals surface area contributed by atoms with Gasteiger partial charge in [-0.15, -0.1) is 0 Å². The molecule has 0 saturated heterocycles. The molecular formula is C32H23N. The van der Waals surface area contributed by atoms with Crippen LogP contribution in [-0.2, 0) is 6.42 Å². The molecule has 33 heavy (non-hydrogen) atoms. The topological polar surface area (TPSA) is 23.8 Å². The summed E-state index contributed by atoms with van der Waals surface area (Å²) in [6.07, 6.45) is 5.69. The Bertz CT molecular complexity index is 1600. The van der Waals surface area contributed by atoms with Crippen LogP contribution in [0.15, 0.2) is 97.1 Å². The van der Waals surface area contributed by atoms with Crippen molar-refractivity contribution < 1.29 is 0 Å². The summed E-state index contributed by atoms with van der Waals surface area (Å²) in [6, 6.07) is 34.4. The second-order valence-corrected chi connectivity index (χ2v) is 8.98. The normalized spacial score (nSPS) is 14.8. The first-order valence-corrected chi connectivity index (χ1v) is 11.5. The fourth-order valence-corrected chi connectivity index (χ4v) is 5.28. The molecule has 1 unspecified atom stereocenters. The molecule has 1 aliphatic carbocycles. The summed E-state index contributed by atoms with van der Waals surface area (Å²) in [6.45, 7) is 2.29. The van der Waals surface area contributed by atoms with Gasteiger partial charge in [-0.2, -0.15) is 5.26 Å². The molecule has 1 atom stereocenters. The van der Waals surface area contributed by atoms with Gasteiger partial charge in [-0.05, 0) is 85.5 Å². The number of rotatable bonds is 2. The van der Waals surface area contributed by atoms with E-state index in [-0.39, 0.29) is 0 Å². The fraction of sp³-hybridized carbons (Fsp3) is 0.0938. The van der Waals surface area contributed by atoms with Crippen LogP contribution in [-0.4, -0.2) is 0 Å². The quantitative estimate of drug-likeness (QED) is 0.281. The van der Waals surface area contributed by atoms with Crippen LogP contribution < -0.4 is 0 Å². The molecule has 1 heteroatoms. The Kier molecular flexibility index (Phi) is 4.60. The SMILES string of the molecule is CC1C=Cc2c(c(-c3ccccc3)c3ccccc3c2-c2ccc3ccc(C#N)cc3c2)C1. The Balaban J connectivity index is 1.72. The number of allylic oxidation sites excluding steroid dienone is 1. The van der Waals surface area contributed by atoms with Crippen molar-refractivity contribution in [3.8, 4) is 28.3 Å². The van der Waals surface area contributed by atoms with Crippen LogP contribution in [0.3, 0.4) is 0 Å². The van der Waals surface area contributed by atoms with E-state index in [2.05, 4.69) is 97.9 Å². The molecule has 0 fully saturated rings. The predicted octanol–water partition coefficient (Wildman–Crippen LogP) is 8.40. The Morgan fingerprint density at radius 1 is 0.727 bits per heavy atom. The van der Waals surface area contributed by atoms with Gasteiger partial charge in [0.1, 0.15) is 0 Å². The van der Waals surface area contributed by atoms with E-state index in [0.717, 1.165) is 17.2 Å². The zero-order chi connectivity index (χ0) is 22.4. The maximum Gasteiger partial charge on any atom is 0.0991 e. The molecule has 0 saturated carbocycles. The summed E-state index contributed by atoms with van der Waals surface area (Å²) < 4.78 is 0. The van der Waals surface area contributed by atoms with Crippen molar-refractivity contribution in [1.82, 2.24) is 0 Å². The molecule has 0 N–H and O–H groups in total. The first-order chi connectivity index (χ1) is 16.2. The van der Waals surface area contributed by atoms with Gasteiger partial charge < -0.3 is 0 Å². The maximum absolute atomic E-state index is 9.39. The molecule has 0 radical (unpaired) electrons. The van der Waals surface area contributed by atoms with Crippen LogP contribution in [0.4, 0.5) is 0 Å². The second-order valence-electron chi connectivity index (χ2n) is 8.98. The van der Waals surface area contributed by atoms with Gasteiger partial charge in [0.2, 0.25) is 0 Å². The number of hydrogen-bond acceptors (Lipinski definition) is 1. The van der Waals surface area contributed by atoms with Gasteiger partial charge >= 0.3 is 0 Å². The minimum atomic E-state index is 0.503. The molecule has 0 amide bonds. The third-order valence-corrected chi connectivity index (χ3v) is 6.80. The Labute approximate surface area is 194 Å². The first kappa shape index (κ1) is 19.5. The number of fused-ring (bicyclic) bond motifs is 3. The van der Waals surface area contributed by atoms with Crippen molar-refractivity contribution in [2.75, 3.05) is 0 Å². The van der Waals surface area contributed by atoms with Gasteiger partial charge in [-0.1, -0.05) is 91.9 Å². The second kappa shape index (κ2) is 7.76. The van der Waals surface area contributed by atoms with Gasteiger partial charge in [-0.3, -0.25) is 0 Å². The lowest BCUT2D eigenvalue weighted by Gasteiger charge is -2.26. The molecule has 0 aliphatic heterocycles. The Morgan fingerprint density at radius 3 is 2.24 bits per heavy atom. The van der Waals surface area contributed by atoms with Crippen molar-refractivity contribution in [3.63, 3.8) is 0 Å². The van der Waals surface area contributed by atoms with E-state index in [4.69, 9.17) is 0 Å². The van der Waals surface area contributed by atoms with Crippen LogP contribution in [0.2, 0.25) is 0 Å². The largest absolute Gasteiger partial charge is 0.192 e. The van der Waals surface area contributed by atoms with E-state index in [1.165, 1.54) is 44.2 Å². The summed E-state index contributed by atoms with van der Waals surface area (Å²) in [4.78, 5) is 0. The van der Waals surface area contributed by atoms with E-state index in [0.29, 0.717) is 11.5 Å². The molecule has 1 nitrogen and oxygen atoms in total. The number of nitriles is 1. The van der Waals surface area contributed by atoms with Gasteiger partial charge in [-0.25, -0.2) is 0 Å². The zero-order valence-corrected chi connectivity index (χ0v) is 18.5. The number of hydrogen-bond donors (Lipinski definition) is 0. The molecule has 0 spiro atoms. The van der Waals surface area contributed by atoms with Crippen molar-refractivity contribution >= 4 is 27.6 Å². The molecule has 0 aromatic heterocycles. The smallest absolute Gasteiger partial charge is 0.0991 e. The third kappa shape index (κ3) is 3.23. The molecule has 6 rings (SSSR count). The Hall–Kier alpha value is -4.15. The average molecular weight is 422 g/mol. The standard InChI is InChI=1S/C32H23N/c1-21-11-16-29-30(17-21)31(24-7-3-2-4-8-24)27-9-5-6-10-28(27)32(29)25-15-14-23-13-12-22(20-33)18-26(23)19-25/h2-16,18-19,21H,17H2,1H3. The van der Waals surface area contributed by atoms with Crippen LogP contribution >= 0.6 is 0 Å². The van der Waals surface area contributed by atoms with Gasteiger partial charge in [0.15, 0.2) is 0 Å². The van der Waals surface area contributed by atoms with Gasteiger partial charge in [0.05, 0.1) is 11.6 Å². The lowest BCUT2D eigenvalue weighted by molar-refractivity contribution is 0.719. The summed E-state index contributed by atoms with van der Waals surface area (Å²) >= 11 is 0. The van der Waals surface area contributed by atoms with E-state index >= 15 is 0 Å². The first-order valence-electron chi connectivity index (χ1n) is 11.5. The highest BCUT2D eigenvalue weighted by Gasteiger charge is 2.23. The van der Waals surface area contributed by atoms with E-state index < -0.39 is 0 Å². The average Bonchev–Trinajstić information content (AvgIpc) is 2.87. The van der Waals surface area contributed by atoms with Crippen molar-refractivity contribution in [1.29, 1.82) is 5.26 Å².